The van der Waals surface area contributed by atoms with Crippen LogP contribution in [0.5, 0.6) is 0 Å². The smallest absolute Gasteiger partial charge is 0.172 e. The van der Waals surface area contributed by atoms with Crippen LogP contribution in [0.3, 0.4) is 0 Å². The molecule has 0 radical (unpaired) electrons. The highest BCUT2D eigenvalue weighted by molar-refractivity contribution is 7.86. The van der Waals surface area contributed by atoms with Crippen molar-refractivity contribution in [2.24, 2.45) is 0 Å². The van der Waals surface area contributed by atoms with Crippen molar-refractivity contribution in [2.45, 2.75) is 0 Å². The van der Waals surface area contributed by atoms with E-state index >= 15 is 4.57 Å². The van der Waals surface area contributed by atoms with Gasteiger partial charge in [-0.1, -0.05) is 182 Å². The summed E-state index contributed by atoms with van der Waals surface area (Å²) in [6, 6.07) is 65.7. The van der Waals surface area contributed by atoms with Crippen molar-refractivity contribution in [3.8, 4) is 34.2 Å². The van der Waals surface area contributed by atoms with Crippen LogP contribution < -0.4 is 15.9 Å². The van der Waals surface area contributed by atoms with Gasteiger partial charge in [-0.25, -0.2) is 15.0 Å². The monoisotopic (exact) mass is 709 g/mol. The summed E-state index contributed by atoms with van der Waals surface area (Å²) in [6.07, 6.45) is 0. The van der Waals surface area contributed by atoms with E-state index < -0.39 is 7.14 Å². The third-order valence-corrected chi connectivity index (χ3v) is 13.5. The first kappa shape index (κ1) is 32.0. The first-order valence-corrected chi connectivity index (χ1v) is 19.8. The van der Waals surface area contributed by atoms with Crippen LogP contribution in [0, 0.1) is 0 Å². The van der Waals surface area contributed by atoms with Gasteiger partial charge in [0.2, 0.25) is 0 Å². The zero-order valence-electron chi connectivity index (χ0n) is 29.2. The number of rotatable bonds is 6. The van der Waals surface area contributed by atoms with Crippen molar-refractivity contribution >= 4 is 66.1 Å². The Morgan fingerprint density at radius 2 is 0.704 bits per heavy atom. The third kappa shape index (κ3) is 5.31. The summed E-state index contributed by atoms with van der Waals surface area (Å²) in [5, 5.41) is 10.6. The quantitative estimate of drug-likeness (QED) is 0.127. The molecular formula is C49H32N3OP. The highest BCUT2D eigenvalue weighted by atomic mass is 31.2. The van der Waals surface area contributed by atoms with Gasteiger partial charge in [-0.15, -0.1) is 0 Å². The molecule has 0 aliphatic rings. The zero-order valence-corrected chi connectivity index (χ0v) is 30.1. The standard InChI is InChI=1S/C49H32N3OP/c53-54(39-19-3-1-4-20-39,40-21-5-2-6-22-40)46-43-25-13-11-23-41(43)45(42-24-12-14-26-44(42)46)49-51-47(37-29-27-33-15-7-9-17-35(33)31-37)50-48(52-49)38-30-28-34-16-8-10-18-36(34)32-38/h1-32H. The molecular weight excluding hydrogens is 678 g/mol. The molecule has 0 amide bonds. The Balaban J connectivity index is 1.30. The first-order valence-electron chi connectivity index (χ1n) is 18.1. The number of nitrogens with zero attached hydrogens (tertiary/aromatic N) is 3. The molecule has 0 N–H and O–H groups in total. The Morgan fingerprint density at radius 3 is 1.17 bits per heavy atom. The maximum Gasteiger partial charge on any atom is 0.172 e. The molecule has 10 aromatic rings. The maximum absolute atomic E-state index is 16.1. The minimum absolute atomic E-state index is 0.560. The van der Waals surface area contributed by atoms with Gasteiger partial charge in [0.05, 0.1) is 0 Å². The van der Waals surface area contributed by atoms with Crippen LogP contribution in [0.25, 0.3) is 77.3 Å². The average Bonchev–Trinajstić information content (AvgIpc) is 3.25. The third-order valence-electron chi connectivity index (χ3n) is 10.3. The Morgan fingerprint density at radius 1 is 0.333 bits per heavy atom. The summed E-state index contributed by atoms with van der Waals surface area (Å²) in [7, 11) is -3.39. The fraction of sp³-hybridized carbons (Fsp3) is 0. The molecule has 0 saturated heterocycles. The molecule has 54 heavy (non-hydrogen) atoms. The lowest BCUT2D eigenvalue weighted by Crippen LogP contribution is -2.26. The molecule has 0 bridgehead atoms. The molecule has 5 heteroatoms. The number of hydrogen-bond donors (Lipinski definition) is 0. The summed E-state index contributed by atoms with van der Waals surface area (Å²) in [5.41, 5.74) is 2.69. The van der Waals surface area contributed by atoms with Crippen LogP contribution in [0.15, 0.2) is 194 Å². The van der Waals surface area contributed by atoms with Gasteiger partial charge in [-0.3, -0.25) is 0 Å². The average molecular weight is 710 g/mol. The Bertz CT molecular complexity index is 2890. The van der Waals surface area contributed by atoms with Crippen molar-refractivity contribution in [2.75, 3.05) is 0 Å². The van der Waals surface area contributed by atoms with Crippen LogP contribution in [-0.2, 0) is 4.57 Å². The highest BCUT2D eigenvalue weighted by Crippen LogP contribution is 2.49. The molecule has 0 unspecified atom stereocenters. The summed E-state index contributed by atoms with van der Waals surface area (Å²) < 4.78 is 16.1. The van der Waals surface area contributed by atoms with Crippen LogP contribution in [0.4, 0.5) is 0 Å². The normalized spacial score (nSPS) is 11.8. The Kier molecular flexibility index (Phi) is 7.71. The maximum atomic E-state index is 16.1. The van der Waals surface area contributed by atoms with E-state index in [2.05, 4.69) is 109 Å². The molecule has 0 saturated carbocycles. The minimum atomic E-state index is -3.39. The van der Waals surface area contributed by atoms with Gasteiger partial charge in [0, 0.05) is 32.6 Å². The van der Waals surface area contributed by atoms with E-state index in [1.165, 1.54) is 0 Å². The molecule has 10 rings (SSSR count). The second-order valence-corrected chi connectivity index (χ2v) is 16.2. The van der Waals surface area contributed by atoms with Crippen LogP contribution >= 0.6 is 7.14 Å². The highest BCUT2D eigenvalue weighted by Gasteiger charge is 2.34. The van der Waals surface area contributed by atoms with Crippen LogP contribution in [0.2, 0.25) is 0 Å². The lowest BCUT2D eigenvalue weighted by Gasteiger charge is -2.25. The Hall–Kier alpha value is -6.74. The van der Waals surface area contributed by atoms with Gasteiger partial charge in [-0.05, 0) is 55.2 Å². The number of fused-ring (bicyclic) bond motifs is 4. The summed E-state index contributed by atoms with van der Waals surface area (Å²) in [4.78, 5) is 15.7. The number of hydrogen-bond acceptors (Lipinski definition) is 4. The largest absolute Gasteiger partial charge is 0.309 e. The van der Waals surface area contributed by atoms with Gasteiger partial charge < -0.3 is 4.57 Å². The molecule has 0 atom stereocenters. The van der Waals surface area contributed by atoms with E-state index in [0.29, 0.717) is 17.5 Å². The lowest BCUT2D eigenvalue weighted by atomic mass is 9.96. The van der Waals surface area contributed by atoms with Crippen molar-refractivity contribution in [1.29, 1.82) is 0 Å². The molecule has 254 valence electrons. The van der Waals surface area contributed by atoms with Crippen molar-refractivity contribution in [1.82, 2.24) is 15.0 Å². The van der Waals surface area contributed by atoms with E-state index in [0.717, 1.165) is 75.7 Å². The Labute approximate surface area is 312 Å². The van der Waals surface area contributed by atoms with Crippen LogP contribution in [-0.4, -0.2) is 15.0 Å². The van der Waals surface area contributed by atoms with Crippen LogP contribution in [0.1, 0.15) is 0 Å². The van der Waals surface area contributed by atoms with Crippen molar-refractivity contribution in [3.63, 3.8) is 0 Å². The van der Waals surface area contributed by atoms with E-state index in [4.69, 9.17) is 15.0 Å². The topological polar surface area (TPSA) is 55.7 Å². The number of benzene rings is 9. The van der Waals surface area contributed by atoms with Crippen molar-refractivity contribution < 1.29 is 4.57 Å². The van der Waals surface area contributed by atoms with Gasteiger partial charge >= 0.3 is 0 Å². The zero-order chi connectivity index (χ0) is 36.1. The molecule has 9 aromatic carbocycles. The van der Waals surface area contributed by atoms with Gasteiger partial charge in [0.1, 0.15) is 0 Å². The van der Waals surface area contributed by atoms with Crippen molar-refractivity contribution in [3.05, 3.63) is 194 Å². The van der Waals surface area contributed by atoms with Gasteiger partial charge in [-0.2, -0.15) is 0 Å². The molecule has 1 aromatic heterocycles. The second kappa shape index (κ2) is 13.0. The minimum Gasteiger partial charge on any atom is -0.309 e. The second-order valence-electron chi connectivity index (χ2n) is 13.5. The summed E-state index contributed by atoms with van der Waals surface area (Å²) in [5.74, 6) is 1.74. The first-order chi connectivity index (χ1) is 26.6. The van der Waals surface area contributed by atoms with Gasteiger partial charge in [0.25, 0.3) is 0 Å². The summed E-state index contributed by atoms with van der Waals surface area (Å²) >= 11 is 0. The van der Waals surface area contributed by atoms with E-state index in [1.807, 2.05) is 84.9 Å². The van der Waals surface area contributed by atoms with E-state index in [-0.39, 0.29) is 0 Å². The van der Waals surface area contributed by atoms with E-state index in [1.54, 1.807) is 0 Å². The molecule has 1 heterocycles. The molecule has 0 fully saturated rings. The number of aromatic nitrogens is 3. The lowest BCUT2D eigenvalue weighted by molar-refractivity contribution is 0.593. The molecule has 0 aliphatic carbocycles. The fourth-order valence-electron chi connectivity index (χ4n) is 7.77. The molecule has 4 nitrogen and oxygen atoms in total. The summed E-state index contributed by atoms with van der Waals surface area (Å²) in [6.45, 7) is 0. The predicted octanol–water partition coefficient (Wildman–Crippen LogP) is 11.1. The predicted molar refractivity (Wildman–Crippen MR) is 226 cm³/mol. The molecule has 0 spiro atoms. The SMILES string of the molecule is O=P(c1ccccc1)(c1ccccc1)c1c2ccccc2c(-c2nc(-c3ccc4ccccc4c3)nc(-c3ccc4ccccc4c3)n2)c2ccccc12. The fourth-order valence-corrected chi connectivity index (χ4v) is 10.8. The van der Waals surface area contributed by atoms with E-state index in [9.17, 15) is 0 Å². The van der Waals surface area contributed by atoms with Gasteiger partial charge in [0.15, 0.2) is 24.6 Å². The molecule has 0 aliphatic heterocycles.